The van der Waals surface area contributed by atoms with Crippen LogP contribution in [0.1, 0.15) is 88.6 Å². The van der Waals surface area contributed by atoms with Gasteiger partial charge in [0.25, 0.3) is 11.4 Å². The standard InChI is InChI=1S/C34H47F3O2Si/c1-24(2)40(25(3)4,26(5)6)22-21-29(32(10,11)12)23-28(31(7,8)9)19-20-30(38)33(39-13,34(35,36)37)27-17-15-14-16-18-27/h14-18,24-26H,1-13H3/t23?,33-/m1/s1. The first-order chi connectivity index (χ1) is 18.1. The largest absolute Gasteiger partial charge is 0.430 e. The lowest BCUT2D eigenvalue weighted by Crippen LogP contribution is -2.50. The van der Waals surface area contributed by atoms with Gasteiger partial charge < -0.3 is 4.74 Å². The summed E-state index contributed by atoms with van der Waals surface area (Å²) in [6, 6.07) is 6.88. The SMILES string of the molecule is CO[C@@](C(=O)C#CC(=C=C(C#C[Si](C(C)C)(C(C)C)C(C)C)C(C)(C)C)C(C)(C)C)(c1ccccc1)C(F)(F)F. The van der Waals surface area contributed by atoms with Gasteiger partial charge in [0, 0.05) is 29.1 Å². The maximum absolute atomic E-state index is 14.4. The number of carbonyl (C=O) groups excluding carboxylic acids is 1. The van der Waals surface area contributed by atoms with Crippen molar-refractivity contribution in [3.8, 4) is 23.3 Å². The zero-order valence-corrected chi connectivity index (χ0v) is 27.6. The third-order valence-electron chi connectivity index (χ3n) is 7.53. The first kappa shape index (κ1) is 35.5. The first-order valence-electron chi connectivity index (χ1n) is 13.9. The van der Waals surface area contributed by atoms with Crippen LogP contribution in [0.4, 0.5) is 13.2 Å². The molecule has 0 N–H and O–H groups in total. The zero-order valence-electron chi connectivity index (χ0n) is 26.6. The van der Waals surface area contributed by atoms with Gasteiger partial charge in [-0.2, -0.15) is 13.2 Å². The van der Waals surface area contributed by atoms with Gasteiger partial charge in [-0.25, -0.2) is 0 Å². The van der Waals surface area contributed by atoms with Crippen molar-refractivity contribution in [3.63, 3.8) is 0 Å². The number of hydrogen-bond donors (Lipinski definition) is 0. The Labute approximate surface area is 241 Å². The van der Waals surface area contributed by atoms with E-state index in [2.05, 4.69) is 70.6 Å². The van der Waals surface area contributed by atoms with Crippen LogP contribution in [0.3, 0.4) is 0 Å². The van der Waals surface area contributed by atoms with Gasteiger partial charge in [-0.15, -0.1) is 5.54 Å². The molecule has 0 saturated carbocycles. The molecule has 0 aliphatic rings. The Morgan fingerprint density at radius 3 is 1.52 bits per heavy atom. The Morgan fingerprint density at radius 2 is 1.18 bits per heavy atom. The number of ether oxygens (including phenoxy) is 1. The van der Waals surface area contributed by atoms with Crippen LogP contribution >= 0.6 is 0 Å². The van der Waals surface area contributed by atoms with Crippen LogP contribution in [0.2, 0.25) is 16.6 Å². The highest BCUT2D eigenvalue weighted by molar-refractivity contribution is 6.90. The predicted molar refractivity (Wildman–Crippen MR) is 162 cm³/mol. The number of rotatable bonds is 6. The van der Waals surface area contributed by atoms with E-state index in [1.54, 1.807) is 6.07 Å². The van der Waals surface area contributed by atoms with Gasteiger partial charge in [0.15, 0.2) is 0 Å². The molecule has 6 heteroatoms. The van der Waals surface area contributed by atoms with Crippen LogP contribution in [0.25, 0.3) is 0 Å². The van der Waals surface area contributed by atoms with Gasteiger partial charge >= 0.3 is 6.18 Å². The molecule has 0 amide bonds. The summed E-state index contributed by atoms with van der Waals surface area (Å²) in [6.07, 6.45) is -5.02. The fraction of sp³-hybridized carbons (Fsp3) is 0.588. The van der Waals surface area contributed by atoms with Crippen LogP contribution in [0.15, 0.2) is 47.2 Å². The molecule has 0 saturated heterocycles. The molecular weight excluding hydrogens is 525 g/mol. The number of ketones is 1. The minimum atomic E-state index is -5.02. The third kappa shape index (κ3) is 7.61. The second kappa shape index (κ2) is 13.0. The van der Waals surface area contributed by atoms with E-state index in [9.17, 15) is 18.0 Å². The zero-order chi connectivity index (χ0) is 31.3. The maximum atomic E-state index is 14.4. The van der Waals surface area contributed by atoms with E-state index in [1.807, 2.05) is 41.5 Å². The Balaban J connectivity index is 4.05. The molecule has 1 aromatic carbocycles. The number of hydrogen-bond acceptors (Lipinski definition) is 2. The molecule has 1 aromatic rings. The summed E-state index contributed by atoms with van der Waals surface area (Å²) in [7, 11) is -1.18. The van der Waals surface area contributed by atoms with E-state index >= 15 is 0 Å². The van der Waals surface area contributed by atoms with E-state index in [0.717, 1.165) is 12.7 Å². The van der Waals surface area contributed by atoms with E-state index in [0.29, 0.717) is 22.2 Å². The van der Waals surface area contributed by atoms with Crippen molar-refractivity contribution in [2.24, 2.45) is 10.8 Å². The van der Waals surface area contributed by atoms with Crippen molar-refractivity contribution in [3.05, 3.63) is 52.8 Å². The minimum Gasteiger partial charge on any atom is -0.357 e. The number of Topliss-reactive ketones (excluding diaryl/α,β-unsaturated/α-hetero) is 1. The van der Waals surface area contributed by atoms with Gasteiger partial charge in [0.2, 0.25) is 0 Å². The molecule has 0 bridgehead atoms. The van der Waals surface area contributed by atoms with Gasteiger partial charge in [0.05, 0.1) is 5.57 Å². The number of carbonyl (C=O) groups is 1. The highest BCUT2D eigenvalue weighted by atomic mass is 28.3. The fourth-order valence-electron chi connectivity index (χ4n) is 5.17. The summed E-state index contributed by atoms with van der Waals surface area (Å²) in [4.78, 5) is 13.3. The quantitative estimate of drug-likeness (QED) is 0.147. The summed E-state index contributed by atoms with van der Waals surface area (Å²) in [5.74, 6) is 7.12. The van der Waals surface area contributed by atoms with E-state index in [-0.39, 0.29) is 5.56 Å². The molecule has 0 radical (unpaired) electrons. The number of alkyl halides is 3. The molecule has 0 heterocycles. The highest BCUT2D eigenvalue weighted by Crippen LogP contribution is 2.43. The average molecular weight is 573 g/mol. The van der Waals surface area contributed by atoms with Gasteiger partial charge in [0.1, 0.15) is 8.07 Å². The maximum Gasteiger partial charge on any atom is 0.430 e. The molecule has 0 unspecified atom stereocenters. The normalized spacial score (nSPS) is 14.1. The van der Waals surface area contributed by atoms with Crippen LogP contribution < -0.4 is 0 Å². The smallest absolute Gasteiger partial charge is 0.357 e. The molecule has 220 valence electrons. The molecule has 1 atom stereocenters. The first-order valence-corrected chi connectivity index (χ1v) is 16.1. The molecule has 0 aliphatic heterocycles. The lowest BCUT2D eigenvalue weighted by atomic mass is 9.82. The topological polar surface area (TPSA) is 26.3 Å². The van der Waals surface area contributed by atoms with Crippen LogP contribution in [-0.2, 0) is 15.1 Å². The molecule has 2 nitrogen and oxygen atoms in total. The van der Waals surface area contributed by atoms with Crippen LogP contribution in [0, 0.1) is 34.1 Å². The Hall–Kier alpha value is -2.50. The molecule has 1 rings (SSSR count). The monoisotopic (exact) mass is 572 g/mol. The molecular formula is C34H47F3O2Si. The Kier molecular flexibility index (Phi) is 11.5. The Bertz CT molecular complexity index is 1210. The van der Waals surface area contributed by atoms with Crippen molar-refractivity contribution in [2.45, 2.75) is 111 Å². The summed E-state index contributed by atoms with van der Waals surface area (Å²) >= 11 is 0. The summed E-state index contributed by atoms with van der Waals surface area (Å²) in [6.45, 7) is 25.2. The number of halogens is 3. The summed E-state index contributed by atoms with van der Waals surface area (Å²) in [5, 5.41) is 0. The average Bonchev–Trinajstić information content (AvgIpc) is 2.79. The van der Waals surface area contributed by atoms with E-state index < -0.39 is 36.5 Å². The third-order valence-corrected chi connectivity index (χ3v) is 13.8. The molecule has 0 aliphatic carbocycles. The molecule has 40 heavy (non-hydrogen) atoms. The van der Waals surface area contributed by atoms with Crippen molar-refractivity contribution in [1.29, 1.82) is 0 Å². The minimum absolute atomic E-state index is 0.320. The lowest BCUT2D eigenvalue weighted by molar-refractivity contribution is -0.262. The number of allylic oxidation sites excluding steroid dienone is 1. The van der Waals surface area contributed by atoms with Crippen molar-refractivity contribution in [1.82, 2.24) is 0 Å². The van der Waals surface area contributed by atoms with E-state index in [1.165, 1.54) is 24.3 Å². The predicted octanol–water partition coefficient (Wildman–Crippen LogP) is 9.43. The highest BCUT2D eigenvalue weighted by Gasteiger charge is 2.62. The second-order valence-corrected chi connectivity index (χ2v) is 18.9. The van der Waals surface area contributed by atoms with E-state index in [4.69, 9.17) is 4.74 Å². The van der Waals surface area contributed by atoms with Crippen molar-refractivity contribution < 1.29 is 22.7 Å². The molecule has 0 aromatic heterocycles. The number of benzene rings is 1. The lowest BCUT2D eigenvalue weighted by Gasteiger charge is -2.38. The fourth-order valence-corrected chi connectivity index (χ4v) is 10.4. The molecule has 0 spiro atoms. The van der Waals surface area contributed by atoms with Crippen LogP contribution in [-0.4, -0.2) is 27.1 Å². The van der Waals surface area contributed by atoms with Gasteiger partial charge in [-0.3, -0.25) is 4.79 Å². The molecule has 0 fully saturated rings. The van der Waals surface area contributed by atoms with Gasteiger partial charge in [-0.05, 0) is 22.5 Å². The van der Waals surface area contributed by atoms with Gasteiger partial charge in [-0.1, -0.05) is 131 Å². The van der Waals surface area contributed by atoms with Crippen molar-refractivity contribution >= 4 is 13.9 Å². The van der Waals surface area contributed by atoms with Crippen LogP contribution in [0.5, 0.6) is 0 Å². The summed E-state index contributed by atoms with van der Waals surface area (Å²) < 4.78 is 48.1. The Morgan fingerprint density at radius 1 is 0.750 bits per heavy atom. The summed E-state index contributed by atoms with van der Waals surface area (Å²) in [5.41, 5.74) is 5.01. The second-order valence-electron chi connectivity index (χ2n) is 13.4. The number of methoxy groups -OCH3 is 1. The van der Waals surface area contributed by atoms with Crippen molar-refractivity contribution in [2.75, 3.05) is 7.11 Å².